The van der Waals surface area contributed by atoms with Crippen molar-refractivity contribution < 1.29 is 9.18 Å². The summed E-state index contributed by atoms with van der Waals surface area (Å²) < 4.78 is 13.4. The molecular formula is C22H26FN3O. The SMILES string of the molecule is C=C(CCN(C)C(=O)N1CCc2ccccc2[C@@H]1c1ccc(F)cc1)NC. The van der Waals surface area contributed by atoms with Gasteiger partial charge in [-0.25, -0.2) is 9.18 Å². The summed E-state index contributed by atoms with van der Waals surface area (Å²) in [5.74, 6) is -0.275. The Bertz CT molecular complexity index is 819. The van der Waals surface area contributed by atoms with Gasteiger partial charge in [-0.3, -0.25) is 0 Å². The summed E-state index contributed by atoms with van der Waals surface area (Å²) in [7, 11) is 3.64. The van der Waals surface area contributed by atoms with Crippen LogP contribution in [-0.4, -0.2) is 43.0 Å². The number of fused-ring (bicyclic) bond motifs is 1. The van der Waals surface area contributed by atoms with Crippen molar-refractivity contribution in [2.75, 3.05) is 27.2 Å². The molecule has 1 heterocycles. The summed E-state index contributed by atoms with van der Waals surface area (Å²) in [6.07, 6.45) is 1.51. The minimum Gasteiger partial charge on any atom is -0.392 e. The van der Waals surface area contributed by atoms with Gasteiger partial charge in [-0.2, -0.15) is 0 Å². The highest BCUT2D eigenvalue weighted by Gasteiger charge is 2.33. The summed E-state index contributed by atoms with van der Waals surface area (Å²) in [6, 6.07) is 14.4. The molecule has 4 nitrogen and oxygen atoms in total. The molecule has 0 spiro atoms. The van der Waals surface area contributed by atoms with Gasteiger partial charge in [-0.1, -0.05) is 43.0 Å². The monoisotopic (exact) mass is 367 g/mol. The lowest BCUT2D eigenvalue weighted by Gasteiger charge is -2.39. The number of benzene rings is 2. The third-order valence-corrected chi connectivity index (χ3v) is 5.14. The molecule has 0 unspecified atom stereocenters. The van der Waals surface area contributed by atoms with Gasteiger partial charge in [0.05, 0.1) is 6.04 Å². The molecule has 2 aromatic carbocycles. The van der Waals surface area contributed by atoms with Crippen molar-refractivity contribution in [1.29, 1.82) is 0 Å². The first-order chi connectivity index (χ1) is 13.0. The van der Waals surface area contributed by atoms with Gasteiger partial charge in [0.15, 0.2) is 0 Å². The Hall–Kier alpha value is -2.82. The maximum Gasteiger partial charge on any atom is 0.320 e. The van der Waals surface area contributed by atoms with Gasteiger partial charge in [-0.15, -0.1) is 0 Å². The Morgan fingerprint density at radius 2 is 1.96 bits per heavy atom. The lowest BCUT2D eigenvalue weighted by atomic mass is 9.88. The van der Waals surface area contributed by atoms with E-state index < -0.39 is 0 Å². The highest BCUT2D eigenvalue weighted by atomic mass is 19.1. The second kappa shape index (κ2) is 8.25. The van der Waals surface area contributed by atoms with Crippen LogP contribution in [-0.2, 0) is 6.42 Å². The first kappa shape index (κ1) is 19.0. The first-order valence-corrected chi connectivity index (χ1v) is 9.21. The topological polar surface area (TPSA) is 35.6 Å². The quantitative estimate of drug-likeness (QED) is 0.869. The number of nitrogens with one attached hydrogen (secondary N) is 1. The fraction of sp³-hybridized carbons (Fsp3) is 0.318. The lowest BCUT2D eigenvalue weighted by molar-refractivity contribution is 0.146. The van der Waals surface area contributed by atoms with E-state index in [1.807, 2.05) is 31.1 Å². The van der Waals surface area contributed by atoms with Gasteiger partial charge in [0.25, 0.3) is 0 Å². The van der Waals surface area contributed by atoms with Gasteiger partial charge in [0.2, 0.25) is 0 Å². The standard InChI is InChI=1S/C22H26FN3O/c1-16(24-2)12-14-25(3)22(27)26-15-13-17-6-4-5-7-20(17)21(26)18-8-10-19(23)11-9-18/h4-11,21,24H,1,12-15H2,2-3H3/t21-/m0/s1. The van der Waals surface area contributed by atoms with E-state index in [-0.39, 0.29) is 17.9 Å². The van der Waals surface area contributed by atoms with E-state index in [2.05, 4.69) is 24.0 Å². The maximum atomic E-state index is 13.4. The number of nitrogens with zero attached hydrogens (tertiary/aromatic N) is 2. The van der Waals surface area contributed by atoms with Gasteiger partial charge in [-0.05, 0) is 35.2 Å². The molecule has 0 saturated heterocycles. The fourth-order valence-corrected chi connectivity index (χ4v) is 3.52. The van der Waals surface area contributed by atoms with Crippen molar-refractivity contribution in [3.8, 4) is 0 Å². The molecule has 1 aliphatic heterocycles. The van der Waals surface area contributed by atoms with Crippen LogP contribution in [0.2, 0.25) is 0 Å². The highest BCUT2D eigenvalue weighted by Crippen LogP contribution is 2.35. The highest BCUT2D eigenvalue weighted by molar-refractivity contribution is 5.76. The van der Waals surface area contributed by atoms with Gasteiger partial charge >= 0.3 is 6.03 Å². The van der Waals surface area contributed by atoms with Crippen molar-refractivity contribution in [3.63, 3.8) is 0 Å². The van der Waals surface area contributed by atoms with Gasteiger partial charge < -0.3 is 15.1 Å². The van der Waals surface area contributed by atoms with Crippen LogP contribution in [0.1, 0.15) is 29.2 Å². The Morgan fingerprint density at radius 1 is 1.26 bits per heavy atom. The first-order valence-electron chi connectivity index (χ1n) is 9.21. The van der Waals surface area contributed by atoms with Crippen LogP contribution in [0, 0.1) is 5.82 Å². The normalized spacial score (nSPS) is 15.8. The molecule has 0 saturated carbocycles. The third kappa shape index (κ3) is 4.13. The molecule has 2 aromatic rings. The summed E-state index contributed by atoms with van der Waals surface area (Å²) >= 11 is 0. The summed E-state index contributed by atoms with van der Waals surface area (Å²) in [5, 5.41) is 3.01. The fourth-order valence-electron chi connectivity index (χ4n) is 3.52. The van der Waals surface area contributed by atoms with Crippen LogP contribution in [0.15, 0.2) is 60.8 Å². The number of carbonyl (C=O) groups is 1. The van der Waals surface area contributed by atoms with Crippen molar-refractivity contribution in [3.05, 3.63) is 83.3 Å². The van der Waals surface area contributed by atoms with Gasteiger partial charge in [0.1, 0.15) is 5.82 Å². The average Bonchev–Trinajstić information content (AvgIpc) is 2.71. The van der Waals surface area contributed by atoms with E-state index in [0.717, 1.165) is 23.2 Å². The van der Waals surface area contributed by atoms with E-state index in [1.54, 1.807) is 17.0 Å². The van der Waals surface area contributed by atoms with E-state index in [1.165, 1.54) is 17.7 Å². The average molecular weight is 367 g/mol. The van der Waals surface area contributed by atoms with E-state index in [0.29, 0.717) is 19.5 Å². The molecule has 0 radical (unpaired) electrons. The van der Waals surface area contributed by atoms with Crippen LogP contribution >= 0.6 is 0 Å². The lowest BCUT2D eigenvalue weighted by Crippen LogP contribution is -2.47. The van der Waals surface area contributed by atoms with Crippen molar-refractivity contribution >= 4 is 6.03 Å². The minimum atomic E-state index is -0.275. The molecular weight excluding hydrogens is 341 g/mol. The van der Waals surface area contributed by atoms with Crippen LogP contribution in [0.25, 0.3) is 0 Å². The molecule has 142 valence electrons. The number of carbonyl (C=O) groups excluding carboxylic acids is 1. The van der Waals surface area contributed by atoms with Crippen molar-refractivity contribution in [2.24, 2.45) is 0 Å². The molecule has 2 amide bonds. The Balaban J connectivity index is 1.90. The molecule has 0 bridgehead atoms. The zero-order valence-corrected chi connectivity index (χ0v) is 15.9. The molecule has 5 heteroatoms. The van der Waals surface area contributed by atoms with E-state index >= 15 is 0 Å². The molecule has 1 aliphatic rings. The summed E-state index contributed by atoms with van der Waals surface area (Å²) in [4.78, 5) is 16.8. The van der Waals surface area contributed by atoms with Crippen LogP contribution in [0.3, 0.4) is 0 Å². The molecule has 1 N–H and O–H groups in total. The number of halogens is 1. The second-order valence-electron chi connectivity index (χ2n) is 6.90. The summed E-state index contributed by atoms with van der Waals surface area (Å²) in [6.45, 7) is 5.14. The van der Waals surface area contributed by atoms with E-state index in [4.69, 9.17) is 0 Å². The predicted molar refractivity (Wildman–Crippen MR) is 106 cm³/mol. The Kier molecular flexibility index (Phi) is 5.79. The number of rotatable bonds is 5. The molecule has 0 aromatic heterocycles. The van der Waals surface area contributed by atoms with Crippen molar-refractivity contribution in [2.45, 2.75) is 18.9 Å². The predicted octanol–water partition coefficient (Wildman–Crippen LogP) is 3.95. The zero-order valence-electron chi connectivity index (χ0n) is 15.9. The number of hydrogen-bond donors (Lipinski definition) is 1. The van der Waals surface area contributed by atoms with Crippen LogP contribution < -0.4 is 5.32 Å². The molecule has 3 rings (SSSR count). The Morgan fingerprint density at radius 3 is 2.67 bits per heavy atom. The van der Waals surface area contributed by atoms with Crippen LogP contribution in [0.4, 0.5) is 9.18 Å². The van der Waals surface area contributed by atoms with Crippen LogP contribution in [0.5, 0.6) is 0 Å². The molecule has 1 atom stereocenters. The van der Waals surface area contributed by atoms with Gasteiger partial charge in [0, 0.05) is 39.3 Å². The number of hydrogen-bond acceptors (Lipinski definition) is 2. The molecule has 27 heavy (non-hydrogen) atoms. The zero-order chi connectivity index (χ0) is 19.4. The summed E-state index contributed by atoms with van der Waals surface area (Å²) in [5.41, 5.74) is 4.16. The smallest absolute Gasteiger partial charge is 0.320 e. The molecule has 0 aliphatic carbocycles. The maximum absolute atomic E-state index is 13.4. The molecule has 0 fully saturated rings. The van der Waals surface area contributed by atoms with Crippen molar-refractivity contribution in [1.82, 2.24) is 15.1 Å². The largest absolute Gasteiger partial charge is 0.392 e. The Labute approximate surface area is 160 Å². The minimum absolute atomic E-state index is 0.0252. The second-order valence-corrected chi connectivity index (χ2v) is 6.90. The van der Waals surface area contributed by atoms with E-state index in [9.17, 15) is 9.18 Å². The number of urea groups is 1. The third-order valence-electron chi connectivity index (χ3n) is 5.14. The number of amides is 2.